The molecule has 130 valence electrons. The zero-order valence-electron chi connectivity index (χ0n) is 12.4. The lowest BCUT2D eigenvalue weighted by Gasteiger charge is -2.27. The Balaban J connectivity index is 2.05. The molecule has 1 aliphatic rings. The van der Waals surface area contributed by atoms with E-state index in [9.17, 15) is 26.7 Å². The highest BCUT2D eigenvalue weighted by molar-refractivity contribution is 5.93. The zero-order valence-corrected chi connectivity index (χ0v) is 12.4. The molecule has 4 nitrogen and oxygen atoms in total. The van der Waals surface area contributed by atoms with Crippen LogP contribution < -0.4 is 5.73 Å². The second-order valence-electron chi connectivity index (χ2n) is 5.99. The van der Waals surface area contributed by atoms with Gasteiger partial charge < -0.3 is 5.73 Å². The fraction of sp³-hybridized carbons (Fsp3) is 0.714. The maximum atomic E-state index is 13.1. The first-order chi connectivity index (χ1) is 10.6. The Kier molecular flexibility index (Phi) is 4.95. The van der Waals surface area contributed by atoms with E-state index in [0.717, 1.165) is 4.68 Å². The maximum absolute atomic E-state index is 13.1. The van der Waals surface area contributed by atoms with Crippen molar-refractivity contribution in [1.29, 1.82) is 0 Å². The predicted molar refractivity (Wildman–Crippen MR) is 72.0 cm³/mol. The summed E-state index contributed by atoms with van der Waals surface area (Å²) in [5, 5.41) is 3.99. The van der Waals surface area contributed by atoms with E-state index in [4.69, 9.17) is 5.73 Å². The van der Waals surface area contributed by atoms with Crippen molar-refractivity contribution >= 4 is 5.91 Å². The number of halogens is 5. The summed E-state index contributed by atoms with van der Waals surface area (Å²) in [6, 6.07) is 0. The van der Waals surface area contributed by atoms with Crippen LogP contribution in [0.15, 0.2) is 6.20 Å². The number of nitrogens with zero attached hydrogens (tertiary/aromatic N) is 2. The van der Waals surface area contributed by atoms with E-state index in [2.05, 4.69) is 5.10 Å². The van der Waals surface area contributed by atoms with Crippen molar-refractivity contribution in [2.45, 2.75) is 57.2 Å². The lowest BCUT2D eigenvalue weighted by Crippen LogP contribution is -2.26. The van der Waals surface area contributed by atoms with Gasteiger partial charge >= 0.3 is 6.18 Å². The second kappa shape index (κ2) is 6.45. The van der Waals surface area contributed by atoms with Gasteiger partial charge in [0.1, 0.15) is 0 Å². The Morgan fingerprint density at radius 1 is 1.35 bits per heavy atom. The van der Waals surface area contributed by atoms with Gasteiger partial charge in [0.05, 0.1) is 17.7 Å². The van der Waals surface area contributed by atoms with E-state index in [0.29, 0.717) is 12.8 Å². The Hall–Kier alpha value is -1.67. The average molecular weight is 339 g/mol. The van der Waals surface area contributed by atoms with Crippen LogP contribution in [0.5, 0.6) is 0 Å². The number of rotatable bonds is 5. The van der Waals surface area contributed by atoms with Gasteiger partial charge in [-0.05, 0) is 25.2 Å². The monoisotopic (exact) mass is 339 g/mol. The third-order valence-corrected chi connectivity index (χ3v) is 4.05. The smallest absolute Gasteiger partial charge is 0.365 e. The Labute approximate surface area is 129 Å². The maximum Gasteiger partial charge on any atom is 0.390 e. The molecular weight excluding hydrogens is 321 g/mol. The molecule has 0 spiro atoms. The highest BCUT2D eigenvalue weighted by Gasteiger charge is 2.35. The molecule has 0 bridgehead atoms. The van der Waals surface area contributed by atoms with Gasteiger partial charge in [0.25, 0.3) is 5.91 Å². The van der Waals surface area contributed by atoms with Crippen molar-refractivity contribution in [3.05, 3.63) is 17.5 Å². The molecule has 23 heavy (non-hydrogen) atoms. The lowest BCUT2D eigenvalue weighted by molar-refractivity contribution is -0.137. The summed E-state index contributed by atoms with van der Waals surface area (Å²) >= 11 is 0. The summed E-state index contributed by atoms with van der Waals surface area (Å²) in [6.45, 7) is -0.410. The van der Waals surface area contributed by atoms with E-state index < -0.39 is 31.0 Å². The number of aromatic nitrogens is 2. The summed E-state index contributed by atoms with van der Waals surface area (Å²) in [5.74, 6) is -3.51. The van der Waals surface area contributed by atoms with E-state index in [-0.39, 0.29) is 36.4 Å². The number of carbonyl (C=O) groups is 1. The van der Waals surface area contributed by atoms with Gasteiger partial charge in [-0.25, -0.2) is 8.78 Å². The molecule has 0 aromatic carbocycles. The minimum Gasteiger partial charge on any atom is -0.365 e. The molecule has 0 saturated heterocycles. The highest BCUT2D eigenvalue weighted by Crippen LogP contribution is 2.37. The number of nitrogens with two attached hydrogens (primary N) is 1. The quantitative estimate of drug-likeness (QED) is 0.837. The standard InChI is InChI=1S/C14H18F5N3O/c15-13(16)3-1-9(2-4-13)7-11-10(12(20)23)8-22(21-11)6-5-14(17,18)19/h8-9H,1-7H2,(H2,20,23). The van der Waals surface area contributed by atoms with Crippen molar-refractivity contribution in [3.63, 3.8) is 0 Å². The van der Waals surface area contributed by atoms with Gasteiger partial charge in [0.2, 0.25) is 5.92 Å². The largest absolute Gasteiger partial charge is 0.390 e. The number of carbonyl (C=O) groups excluding carboxylic acids is 1. The summed E-state index contributed by atoms with van der Waals surface area (Å²) < 4.78 is 64.1. The van der Waals surface area contributed by atoms with Crippen LogP contribution in [-0.4, -0.2) is 27.8 Å². The first-order valence-corrected chi connectivity index (χ1v) is 7.36. The molecule has 9 heteroatoms. The van der Waals surface area contributed by atoms with Crippen LogP contribution in [0.25, 0.3) is 0 Å². The molecule has 1 aromatic rings. The predicted octanol–water partition coefficient (Wildman–Crippen LogP) is 3.30. The third kappa shape index (κ3) is 5.18. The summed E-state index contributed by atoms with van der Waals surface area (Å²) in [4.78, 5) is 11.4. The topological polar surface area (TPSA) is 60.9 Å². The van der Waals surface area contributed by atoms with E-state index in [1.807, 2.05) is 0 Å². The molecule has 0 atom stereocenters. The van der Waals surface area contributed by atoms with E-state index >= 15 is 0 Å². The van der Waals surface area contributed by atoms with Crippen molar-refractivity contribution in [3.8, 4) is 0 Å². The van der Waals surface area contributed by atoms with Crippen LogP contribution in [0, 0.1) is 5.92 Å². The highest BCUT2D eigenvalue weighted by atomic mass is 19.4. The summed E-state index contributed by atoms with van der Waals surface area (Å²) in [7, 11) is 0. The summed E-state index contributed by atoms with van der Waals surface area (Å²) in [5.41, 5.74) is 5.57. The van der Waals surface area contributed by atoms with Crippen molar-refractivity contribution in [2.24, 2.45) is 11.7 Å². The van der Waals surface area contributed by atoms with Crippen molar-refractivity contribution < 1.29 is 26.7 Å². The Bertz CT molecular complexity index is 557. The molecule has 2 rings (SSSR count). The molecule has 0 aliphatic heterocycles. The fourth-order valence-electron chi connectivity index (χ4n) is 2.75. The van der Waals surface area contributed by atoms with Crippen LogP contribution in [-0.2, 0) is 13.0 Å². The van der Waals surface area contributed by atoms with Crippen LogP contribution in [0.4, 0.5) is 22.0 Å². The number of amides is 1. The molecule has 1 saturated carbocycles. The van der Waals surface area contributed by atoms with Crippen LogP contribution in [0.1, 0.15) is 48.2 Å². The summed E-state index contributed by atoms with van der Waals surface area (Å²) in [6.07, 6.45) is -3.79. The average Bonchev–Trinajstić information content (AvgIpc) is 2.81. The van der Waals surface area contributed by atoms with Crippen molar-refractivity contribution in [2.75, 3.05) is 0 Å². The number of hydrogen-bond donors (Lipinski definition) is 1. The van der Waals surface area contributed by atoms with Gasteiger partial charge in [-0.15, -0.1) is 0 Å². The van der Waals surface area contributed by atoms with E-state index in [1.165, 1.54) is 6.20 Å². The van der Waals surface area contributed by atoms with Gasteiger partial charge in [-0.3, -0.25) is 9.48 Å². The molecule has 0 unspecified atom stereocenters. The van der Waals surface area contributed by atoms with Gasteiger partial charge in [0.15, 0.2) is 0 Å². The van der Waals surface area contributed by atoms with E-state index in [1.54, 1.807) is 0 Å². The first-order valence-electron chi connectivity index (χ1n) is 7.36. The molecule has 1 aliphatic carbocycles. The normalized spacial score (nSPS) is 19.0. The molecular formula is C14H18F5N3O. The van der Waals surface area contributed by atoms with Crippen LogP contribution >= 0.6 is 0 Å². The van der Waals surface area contributed by atoms with Crippen molar-refractivity contribution in [1.82, 2.24) is 9.78 Å². The molecule has 1 amide bonds. The fourth-order valence-corrected chi connectivity index (χ4v) is 2.75. The number of aryl methyl sites for hydroxylation is 1. The van der Waals surface area contributed by atoms with Crippen LogP contribution in [0.2, 0.25) is 0 Å². The Morgan fingerprint density at radius 3 is 2.48 bits per heavy atom. The van der Waals surface area contributed by atoms with Gasteiger partial charge in [0, 0.05) is 25.6 Å². The molecule has 1 heterocycles. The lowest BCUT2D eigenvalue weighted by atomic mass is 9.83. The van der Waals surface area contributed by atoms with Crippen LogP contribution in [0.3, 0.4) is 0 Å². The third-order valence-electron chi connectivity index (χ3n) is 4.05. The molecule has 2 N–H and O–H groups in total. The minimum absolute atomic E-state index is 0.0597. The first kappa shape index (κ1) is 17.7. The second-order valence-corrected chi connectivity index (χ2v) is 5.99. The number of primary amides is 1. The minimum atomic E-state index is -4.33. The molecule has 1 fully saturated rings. The molecule has 1 aromatic heterocycles. The SMILES string of the molecule is NC(=O)c1cn(CCC(F)(F)F)nc1CC1CCC(F)(F)CC1. The number of hydrogen-bond acceptors (Lipinski definition) is 2. The molecule has 0 radical (unpaired) electrons. The zero-order chi connectivity index (χ0) is 17.3. The Morgan fingerprint density at radius 2 is 1.96 bits per heavy atom. The van der Waals surface area contributed by atoms with Gasteiger partial charge in [-0.1, -0.05) is 0 Å². The number of alkyl halides is 5. The van der Waals surface area contributed by atoms with Gasteiger partial charge in [-0.2, -0.15) is 18.3 Å².